The SMILES string of the molecule is CCN(CC)CCNC(=O)c1cnn2c(C)cc(C)nc12. The third kappa shape index (κ3) is 3.39. The van der Waals surface area contributed by atoms with Gasteiger partial charge in [-0.3, -0.25) is 4.79 Å². The molecule has 6 heteroatoms. The first kappa shape index (κ1) is 15.4. The number of hydrogen-bond acceptors (Lipinski definition) is 4. The van der Waals surface area contributed by atoms with Crippen LogP contribution in [0.4, 0.5) is 0 Å². The number of likely N-dealkylation sites (N-methyl/N-ethyl adjacent to an activating group) is 1. The van der Waals surface area contributed by atoms with E-state index in [9.17, 15) is 4.79 Å². The summed E-state index contributed by atoms with van der Waals surface area (Å²) in [5, 5.41) is 7.18. The lowest BCUT2D eigenvalue weighted by atomic mass is 10.3. The second-order valence-electron chi connectivity index (χ2n) is 5.12. The minimum Gasteiger partial charge on any atom is -0.351 e. The van der Waals surface area contributed by atoms with Crippen LogP contribution in [0.5, 0.6) is 0 Å². The zero-order valence-electron chi connectivity index (χ0n) is 13.2. The highest BCUT2D eigenvalue weighted by Gasteiger charge is 2.15. The average Bonchev–Trinajstić information content (AvgIpc) is 2.87. The largest absolute Gasteiger partial charge is 0.351 e. The monoisotopic (exact) mass is 289 g/mol. The summed E-state index contributed by atoms with van der Waals surface area (Å²) in [6, 6.07) is 1.95. The van der Waals surface area contributed by atoms with Crippen molar-refractivity contribution in [3.05, 3.63) is 29.2 Å². The summed E-state index contributed by atoms with van der Waals surface area (Å²) in [5.41, 5.74) is 3.01. The molecule has 1 amide bonds. The number of hydrogen-bond donors (Lipinski definition) is 1. The number of nitrogens with zero attached hydrogens (tertiary/aromatic N) is 4. The fraction of sp³-hybridized carbons (Fsp3) is 0.533. The number of aryl methyl sites for hydroxylation is 2. The van der Waals surface area contributed by atoms with Crippen molar-refractivity contribution in [2.45, 2.75) is 27.7 Å². The molecule has 114 valence electrons. The normalized spacial score (nSPS) is 11.3. The third-order valence-corrected chi connectivity index (χ3v) is 3.63. The van der Waals surface area contributed by atoms with Crippen LogP contribution < -0.4 is 5.32 Å². The molecule has 0 saturated carbocycles. The zero-order valence-corrected chi connectivity index (χ0v) is 13.2. The maximum atomic E-state index is 12.3. The first-order valence-corrected chi connectivity index (χ1v) is 7.39. The molecule has 2 heterocycles. The molecule has 0 spiro atoms. The van der Waals surface area contributed by atoms with Crippen molar-refractivity contribution in [3.8, 4) is 0 Å². The van der Waals surface area contributed by atoms with E-state index in [0.29, 0.717) is 17.8 Å². The van der Waals surface area contributed by atoms with Crippen molar-refractivity contribution in [3.63, 3.8) is 0 Å². The standard InChI is InChI=1S/C15H23N5O/c1-5-19(6-2)8-7-16-15(21)13-10-17-20-12(4)9-11(3)18-14(13)20/h9-10H,5-8H2,1-4H3,(H,16,21). The first-order valence-electron chi connectivity index (χ1n) is 7.39. The summed E-state index contributed by atoms with van der Waals surface area (Å²) >= 11 is 0. The van der Waals surface area contributed by atoms with E-state index < -0.39 is 0 Å². The lowest BCUT2D eigenvalue weighted by molar-refractivity contribution is 0.0950. The number of carbonyl (C=O) groups excluding carboxylic acids is 1. The lowest BCUT2D eigenvalue weighted by Crippen LogP contribution is -2.34. The maximum Gasteiger partial charge on any atom is 0.256 e. The van der Waals surface area contributed by atoms with E-state index in [2.05, 4.69) is 34.1 Å². The highest BCUT2D eigenvalue weighted by atomic mass is 16.1. The Hall–Kier alpha value is -1.95. The van der Waals surface area contributed by atoms with Crippen LogP contribution in [-0.4, -0.2) is 51.6 Å². The van der Waals surface area contributed by atoms with Gasteiger partial charge in [-0.2, -0.15) is 5.10 Å². The molecule has 0 fully saturated rings. The van der Waals surface area contributed by atoms with Crippen LogP contribution in [-0.2, 0) is 0 Å². The highest BCUT2D eigenvalue weighted by Crippen LogP contribution is 2.11. The summed E-state index contributed by atoms with van der Waals surface area (Å²) in [5.74, 6) is -0.116. The second-order valence-corrected chi connectivity index (χ2v) is 5.12. The minimum absolute atomic E-state index is 0.116. The Balaban J connectivity index is 2.10. The van der Waals surface area contributed by atoms with Crippen molar-refractivity contribution in [2.75, 3.05) is 26.2 Å². The molecule has 0 aromatic carbocycles. The third-order valence-electron chi connectivity index (χ3n) is 3.63. The summed E-state index contributed by atoms with van der Waals surface area (Å²) in [4.78, 5) is 19.0. The summed E-state index contributed by atoms with van der Waals surface area (Å²) in [6.45, 7) is 11.6. The van der Waals surface area contributed by atoms with Crippen LogP contribution in [0.3, 0.4) is 0 Å². The average molecular weight is 289 g/mol. The Morgan fingerprint density at radius 3 is 2.71 bits per heavy atom. The van der Waals surface area contributed by atoms with Crippen LogP contribution in [0, 0.1) is 13.8 Å². The number of nitrogens with one attached hydrogen (secondary N) is 1. The van der Waals surface area contributed by atoms with Gasteiger partial charge in [0.05, 0.1) is 6.20 Å². The van der Waals surface area contributed by atoms with E-state index in [-0.39, 0.29) is 5.91 Å². The highest BCUT2D eigenvalue weighted by molar-refractivity contribution is 5.99. The molecule has 0 aliphatic rings. The second kappa shape index (κ2) is 6.67. The molecular formula is C15H23N5O. The molecule has 0 unspecified atom stereocenters. The lowest BCUT2D eigenvalue weighted by Gasteiger charge is -2.17. The number of amides is 1. The first-order chi connectivity index (χ1) is 10.1. The zero-order chi connectivity index (χ0) is 15.4. The topological polar surface area (TPSA) is 62.5 Å². The molecule has 0 saturated heterocycles. The van der Waals surface area contributed by atoms with E-state index in [0.717, 1.165) is 31.0 Å². The molecule has 2 aromatic heterocycles. The molecular weight excluding hydrogens is 266 g/mol. The van der Waals surface area contributed by atoms with Gasteiger partial charge in [0.2, 0.25) is 0 Å². The van der Waals surface area contributed by atoms with Gasteiger partial charge in [-0.25, -0.2) is 9.50 Å². The van der Waals surface area contributed by atoms with Crippen LogP contribution in [0.1, 0.15) is 35.6 Å². The fourth-order valence-corrected chi connectivity index (χ4v) is 2.39. The minimum atomic E-state index is -0.116. The number of fused-ring (bicyclic) bond motifs is 1. The molecule has 2 aromatic rings. The number of rotatable bonds is 6. The van der Waals surface area contributed by atoms with E-state index in [4.69, 9.17) is 0 Å². The van der Waals surface area contributed by atoms with Gasteiger partial charge in [-0.1, -0.05) is 13.8 Å². The van der Waals surface area contributed by atoms with Crippen molar-refractivity contribution in [1.82, 2.24) is 24.8 Å². The predicted octanol–water partition coefficient (Wildman–Crippen LogP) is 1.42. The van der Waals surface area contributed by atoms with Crippen molar-refractivity contribution < 1.29 is 4.79 Å². The van der Waals surface area contributed by atoms with Gasteiger partial charge in [-0.05, 0) is 33.0 Å². The van der Waals surface area contributed by atoms with E-state index in [1.807, 2.05) is 19.9 Å². The van der Waals surface area contributed by atoms with Crippen molar-refractivity contribution >= 4 is 11.6 Å². The molecule has 1 N–H and O–H groups in total. The molecule has 0 bridgehead atoms. The Kier molecular flexibility index (Phi) is 4.90. The summed E-state index contributed by atoms with van der Waals surface area (Å²) in [6.07, 6.45) is 1.58. The maximum absolute atomic E-state index is 12.3. The molecule has 21 heavy (non-hydrogen) atoms. The van der Waals surface area contributed by atoms with E-state index in [1.165, 1.54) is 0 Å². The Morgan fingerprint density at radius 1 is 1.33 bits per heavy atom. The molecule has 0 aliphatic heterocycles. The van der Waals surface area contributed by atoms with Crippen LogP contribution in [0.2, 0.25) is 0 Å². The number of aromatic nitrogens is 3. The Labute approximate surface area is 125 Å². The van der Waals surface area contributed by atoms with Crippen LogP contribution >= 0.6 is 0 Å². The Bertz CT molecular complexity index is 630. The van der Waals surface area contributed by atoms with Gasteiger partial charge in [0.1, 0.15) is 5.56 Å². The fourth-order valence-electron chi connectivity index (χ4n) is 2.39. The predicted molar refractivity (Wildman–Crippen MR) is 82.6 cm³/mol. The van der Waals surface area contributed by atoms with Crippen LogP contribution in [0.15, 0.2) is 12.3 Å². The van der Waals surface area contributed by atoms with Crippen LogP contribution in [0.25, 0.3) is 5.65 Å². The van der Waals surface area contributed by atoms with E-state index >= 15 is 0 Å². The van der Waals surface area contributed by atoms with Gasteiger partial charge in [0, 0.05) is 24.5 Å². The quantitative estimate of drug-likeness (QED) is 0.873. The Morgan fingerprint density at radius 2 is 2.05 bits per heavy atom. The van der Waals surface area contributed by atoms with E-state index in [1.54, 1.807) is 10.7 Å². The van der Waals surface area contributed by atoms with Gasteiger partial charge in [0.25, 0.3) is 5.91 Å². The van der Waals surface area contributed by atoms with Gasteiger partial charge in [0.15, 0.2) is 5.65 Å². The smallest absolute Gasteiger partial charge is 0.256 e. The molecule has 0 atom stereocenters. The van der Waals surface area contributed by atoms with Crippen molar-refractivity contribution in [1.29, 1.82) is 0 Å². The molecule has 0 radical (unpaired) electrons. The van der Waals surface area contributed by atoms with Crippen molar-refractivity contribution in [2.24, 2.45) is 0 Å². The van der Waals surface area contributed by atoms with Gasteiger partial charge >= 0.3 is 0 Å². The van der Waals surface area contributed by atoms with Gasteiger partial charge < -0.3 is 10.2 Å². The molecule has 6 nitrogen and oxygen atoms in total. The molecule has 0 aliphatic carbocycles. The van der Waals surface area contributed by atoms with Gasteiger partial charge in [-0.15, -0.1) is 0 Å². The summed E-state index contributed by atoms with van der Waals surface area (Å²) < 4.78 is 1.70. The molecule has 2 rings (SSSR count). The summed E-state index contributed by atoms with van der Waals surface area (Å²) in [7, 11) is 0. The number of carbonyl (C=O) groups is 1.